The Morgan fingerprint density at radius 2 is 1.89 bits per heavy atom. The zero-order valence-corrected chi connectivity index (χ0v) is 15.2. The Labute approximate surface area is 161 Å². The number of pyridine rings is 1. The second kappa shape index (κ2) is 8.38. The fourth-order valence-electron chi connectivity index (χ4n) is 3.32. The molecule has 0 saturated carbocycles. The summed E-state index contributed by atoms with van der Waals surface area (Å²) in [6, 6.07) is 15.8. The predicted molar refractivity (Wildman–Crippen MR) is 104 cm³/mol. The first-order valence-corrected chi connectivity index (χ1v) is 9.14. The molecule has 0 spiro atoms. The first kappa shape index (κ1) is 17.8. The Hall–Kier alpha value is -3.62. The van der Waals surface area contributed by atoms with Gasteiger partial charge in [-0.3, -0.25) is 9.78 Å². The van der Waals surface area contributed by atoms with Crippen LogP contribution in [0.4, 0.5) is 5.95 Å². The number of likely N-dealkylation sites (tertiary alicyclic amines) is 1. The third-order valence-electron chi connectivity index (χ3n) is 4.78. The number of hydrazone groups is 1. The number of amides is 1. The van der Waals surface area contributed by atoms with Crippen LogP contribution in [0.15, 0.2) is 59.8 Å². The molecule has 9 nitrogen and oxygen atoms in total. The lowest BCUT2D eigenvalue weighted by Gasteiger charge is -2.32. The number of hydrogen-bond acceptors (Lipinski definition) is 7. The second-order valence-corrected chi connectivity index (χ2v) is 6.50. The third-order valence-corrected chi connectivity index (χ3v) is 4.78. The molecule has 0 radical (unpaired) electrons. The van der Waals surface area contributed by atoms with Gasteiger partial charge < -0.3 is 4.90 Å². The molecule has 2 N–H and O–H groups in total. The van der Waals surface area contributed by atoms with E-state index in [1.807, 2.05) is 17.0 Å². The van der Waals surface area contributed by atoms with Gasteiger partial charge in [0.25, 0.3) is 11.9 Å². The maximum absolute atomic E-state index is 13.2. The molecule has 3 heterocycles. The lowest BCUT2D eigenvalue weighted by atomic mass is 9.89. The molecule has 1 aliphatic rings. The topological polar surface area (TPSA) is 112 Å². The fourth-order valence-corrected chi connectivity index (χ4v) is 3.32. The zero-order chi connectivity index (χ0) is 19.2. The van der Waals surface area contributed by atoms with Crippen molar-refractivity contribution in [1.29, 1.82) is 0 Å². The van der Waals surface area contributed by atoms with E-state index in [2.05, 4.69) is 60.4 Å². The van der Waals surface area contributed by atoms with Gasteiger partial charge in [-0.15, -0.1) is 5.10 Å². The molecule has 28 heavy (non-hydrogen) atoms. The number of aromatic nitrogens is 5. The molecule has 1 amide bonds. The van der Waals surface area contributed by atoms with Gasteiger partial charge >= 0.3 is 0 Å². The van der Waals surface area contributed by atoms with Gasteiger partial charge in [0.05, 0.1) is 5.69 Å². The highest BCUT2D eigenvalue weighted by Crippen LogP contribution is 2.28. The number of nitrogens with zero attached hydrogens (tertiary/aromatic N) is 6. The fraction of sp³-hybridized carbons (Fsp3) is 0.263. The smallest absolute Gasteiger partial charge is 0.283 e. The van der Waals surface area contributed by atoms with E-state index in [1.165, 1.54) is 5.56 Å². The lowest BCUT2D eigenvalue weighted by Crippen LogP contribution is -2.42. The molecule has 1 aromatic carbocycles. The number of carbonyl (C=O) groups excluding carboxylic acids is 1. The molecule has 1 fully saturated rings. The quantitative estimate of drug-likeness (QED) is 0.519. The van der Waals surface area contributed by atoms with Crippen LogP contribution in [-0.4, -0.2) is 55.2 Å². The molecule has 0 unspecified atom stereocenters. The monoisotopic (exact) mass is 376 g/mol. The van der Waals surface area contributed by atoms with Crippen molar-refractivity contribution >= 4 is 17.6 Å². The van der Waals surface area contributed by atoms with E-state index in [0.29, 0.717) is 24.7 Å². The van der Waals surface area contributed by atoms with Crippen molar-refractivity contribution < 1.29 is 4.79 Å². The van der Waals surface area contributed by atoms with Crippen molar-refractivity contribution in [3.8, 4) is 0 Å². The maximum atomic E-state index is 13.2. The molecule has 1 aliphatic heterocycles. The van der Waals surface area contributed by atoms with E-state index in [1.54, 1.807) is 18.3 Å². The number of nitrogens with one attached hydrogen (secondary N) is 2. The highest BCUT2D eigenvalue weighted by molar-refractivity contribution is 6.44. The summed E-state index contributed by atoms with van der Waals surface area (Å²) in [5, 5.41) is 17.6. The minimum Gasteiger partial charge on any atom is -0.337 e. The van der Waals surface area contributed by atoms with Crippen LogP contribution in [0.1, 0.15) is 30.0 Å². The molecule has 4 rings (SSSR count). The molecule has 0 bridgehead atoms. The predicted octanol–water partition coefficient (Wildman–Crippen LogP) is 1.82. The summed E-state index contributed by atoms with van der Waals surface area (Å²) in [7, 11) is 0. The second-order valence-electron chi connectivity index (χ2n) is 6.50. The van der Waals surface area contributed by atoms with Gasteiger partial charge in [0.2, 0.25) is 0 Å². The van der Waals surface area contributed by atoms with E-state index in [-0.39, 0.29) is 17.6 Å². The van der Waals surface area contributed by atoms with Gasteiger partial charge in [-0.1, -0.05) is 41.5 Å². The van der Waals surface area contributed by atoms with Gasteiger partial charge in [-0.05, 0) is 41.7 Å². The molecule has 0 aliphatic carbocycles. The normalized spacial score (nSPS) is 15.4. The summed E-state index contributed by atoms with van der Waals surface area (Å²) in [5.74, 6) is 0.489. The molecule has 1 saturated heterocycles. The van der Waals surface area contributed by atoms with Gasteiger partial charge in [-0.25, -0.2) is 5.43 Å². The van der Waals surface area contributed by atoms with Crippen LogP contribution in [0.2, 0.25) is 0 Å². The average Bonchev–Trinajstić information content (AvgIpc) is 3.29. The van der Waals surface area contributed by atoms with Crippen molar-refractivity contribution in [2.24, 2.45) is 5.10 Å². The Morgan fingerprint density at radius 3 is 2.57 bits per heavy atom. The van der Waals surface area contributed by atoms with Crippen LogP contribution in [0.25, 0.3) is 0 Å². The first-order chi connectivity index (χ1) is 13.8. The summed E-state index contributed by atoms with van der Waals surface area (Å²) in [6.45, 7) is 1.35. The lowest BCUT2D eigenvalue weighted by molar-refractivity contribution is -0.125. The van der Waals surface area contributed by atoms with E-state index < -0.39 is 0 Å². The number of aromatic amines is 1. The van der Waals surface area contributed by atoms with Crippen LogP contribution < -0.4 is 5.43 Å². The van der Waals surface area contributed by atoms with E-state index in [0.717, 1.165) is 12.8 Å². The van der Waals surface area contributed by atoms with Gasteiger partial charge in [-0.2, -0.15) is 10.3 Å². The number of anilines is 1. The molecular formula is C19H20N8O. The van der Waals surface area contributed by atoms with Crippen molar-refractivity contribution in [2.75, 3.05) is 18.5 Å². The molecular weight excluding hydrogens is 356 g/mol. The number of tetrazole rings is 1. The highest BCUT2D eigenvalue weighted by Gasteiger charge is 2.28. The maximum Gasteiger partial charge on any atom is 0.283 e. The Bertz CT molecular complexity index is 919. The van der Waals surface area contributed by atoms with Crippen LogP contribution >= 0.6 is 0 Å². The molecule has 9 heteroatoms. The highest BCUT2D eigenvalue weighted by atomic mass is 16.2. The molecule has 3 aromatic rings. The van der Waals surface area contributed by atoms with Crippen LogP contribution in [0.5, 0.6) is 0 Å². The van der Waals surface area contributed by atoms with Gasteiger partial charge in [0, 0.05) is 19.3 Å². The van der Waals surface area contributed by atoms with Crippen molar-refractivity contribution in [3.05, 3.63) is 66.0 Å². The molecule has 2 aromatic heterocycles. The summed E-state index contributed by atoms with van der Waals surface area (Å²) >= 11 is 0. The summed E-state index contributed by atoms with van der Waals surface area (Å²) in [5.41, 5.74) is 4.71. The van der Waals surface area contributed by atoms with Crippen LogP contribution in [0.3, 0.4) is 0 Å². The third kappa shape index (κ3) is 4.03. The summed E-state index contributed by atoms with van der Waals surface area (Å²) in [6.07, 6.45) is 3.47. The molecule has 142 valence electrons. The first-order valence-electron chi connectivity index (χ1n) is 9.14. The van der Waals surface area contributed by atoms with Crippen molar-refractivity contribution in [2.45, 2.75) is 18.8 Å². The minimum absolute atomic E-state index is 0.166. The van der Waals surface area contributed by atoms with Crippen LogP contribution in [-0.2, 0) is 4.79 Å². The summed E-state index contributed by atoms with van der Waals surface area (Å²) < 4.78 is 0. The zero-order valence-electron chi connectivity index (χ0n) is 15.2. The number of piperidine rings is 1. The average molecular weight is 376 g/mol. The Morgan fingerprint density at radius 1 is 1.11 bits per heavy atom. The largest absolute Gasteiger partial charge is 0.337 e. The van der Waals surface area contributed by atoms with E-state index in [9.17, 15) is 4.79 Å². The number of hydrogen-bond donors (Lipinski definition) is 2. The number of carbonyl (C=O) groups is 1. The number of H-pyrrole nitrogens is 1. The van der Waals surface area contributed by atoms with E-state index >= 15 is 0 Å². The van der Waals surface area contributed by atoms with Gasteiger partial charge in [0.15, 0.2) is 5.71 Å². The van der Waals surface area contributed by atoms with E-state index in [4.69, 9.17) is 0 Å². The van der Waals surface area contributed by atoms with Crippen molar-refractivity contribution in [1.82, 2.24) is 30.5 Å². The number of rotatable bonds is 5. The van der Waals surface area contributed by atoms with Crippen LogP contribution in [0, 0.1) is 0 Å². The number of benzene rings is 1. The Kier molecular flexibility index (Phi) is 5.32. The summed E-state index contributed by atoms with van der Waals surface area (Å²) in [4.78, 5) is 19.3. The molecule has 0 atom stereocenters. The Balaban J connectivity index is 1.49. The standard InChI is InChI=1S/C19H20N8O/c28-18(27-12-9-15(10-13-27)14-6-2-1-3-7-14)17(16-8-4-5-11-20-16)21-22-19-23-25-26-24-19/h1-8,11,15H,9-10,12-13H2,(H2,22,23,24,25,26). The minimum atomic E-state index is -0.166. The van der Waals surface area contributed by atoms with Crippen molar-refractivity contribution in [3.63, 3.8) is 0 Å². The SMILES string of the molecule is O=C(C(=NNc1nn[nH]n1)c1ccccn1)N1CCC(c2ccccc2)CC1. The van der Waals surface area contributed by atoms with Gasteiger partial charge in [0.1, 0.15) is 0 Å².